The summed E-state index contributed by atoms with van der Waals surface area (Å²) in [5.41, 5.74) is 1.92. The number of ether oxygens (including phenoxy) is 2. The van der Waals surface area contributed by atoms with Crippen molar-refractivity contribution < 1.29 is 19.5 Å². The van der Waals surface area contributed by atoms with Crippen molar-refractivity contribution in [3.05, 3.63) is 23.8 Å². The van der Waals surface area contributed by atoms with E-state index in [0.717, 1.165) is 5.56 Å². The van der Waals surface area contributed by atoms with Crippen molar-refractivity contribution in [2.45, 2.75) is 38.2 Å². The van der Waals surface area contributed by atoms with E-state index in [1.54, 1.807) is 12.6 Å². The molecular formula is C18H25N3O4. The maximum atomic E-state index is 11.3. The van der Waals surface area contributed by atoms with Crippen molar-refractivity contribution in [1.29, 1.82) is 5.26 Å². The number of nitrogens with one attached hydrogen (secondary N) is 1. The molecule has 1 aromatic carbocycles. The first-order valence-corrected chi connectivity index (χ1v) is 8.36. The Bertz CT molecular complexity index is 646. The Balaban J connectivity index is 2.21. The molecule has 136 valence electrons. The summed E-state index contributed by atoms with van der Waals surface area (Å²) >= 11 is 0. The standard InChI is InChI=1S/C18H25N3O4/c1-13(2)25-16-10-14(4-5-15(16)24-3)18(12-19)6-8-21(9-7-18)11-17(22)20-23/h4-5,10,13,23H,6-9,11H2,1-3H3,(H,20,22). The molecule has 1 fully saturated rings. The number of methoxy groups -OCH3 is 1. The predicted molar refractivity (Wildman–Crippen MR) is 91.7 cm³/mol. The van der Waals surface area contributed by atoms with Crippen LogP contribution in [0.3, 0.4) is 0 Å². The van der Waals surface area contributed by atoms with Gasteiger partial charge in [-0.3, -0.25) is 14.9 Å². The molecule has 1 aliphatic heterocycles. The van der Waals surface area contributed by atoms with Gasteiger partial charge in [-0.05, 0) is 44.4 Å². The minimum atomic E-state index is -0.618. The van der Waals surface area contributed by atoms with Gasteiger partial charge in [-0.15, -0.1) is 0 Å². The van der Waals surface area contributed by atoms with E-state index in [1.165, 1.54) is 0 Å². The summed E-state index contributed by atoms with van der Waals surface area (Å²) < 4.78 is 11.2. The minimum absolute atomic E-state index is 0.000951. The summed E-state index contributed by atoms with van der Waals surface area (Å²) in [7, 11) is 1.59. The highest BCUT2D eigenvalue weighted by Crippen LogP contribution is 2.39. The molecule has 0 bridgehead atoms. The summed E-state index contributed by atoms with van der Waals surface area (Å²) in [6.45, 7) is 5.22. The van der Waals surface area contributed by atoms with E-state index in [2.05, 4.69) is 6.07 Å². The number of nitriles is 1. The van der Waals surface area contributed by atoms with Crippen molar-refractivity contribution in [2.75, 3.05) is 26.7 Å². The van der Waals surface area contributed by atoms with Gasteiger partial charge in [-0.1, -0.05) is 6.07 Å². The highest BCUT2D eigenvalue weighted by molar-refractivity contribution is 5.76. The Kier molecular flexibility index (Phi) is 6.23. The Morgan fingerprint density at radius 3 is 2.60 bits per heavy atom. The van der Waals surface area contributed by atoms with Crippen LogP contribution >= 0.6 is 0 Å². The van der Waals surface area contributed by atoms with E-state index < -0.39 is 11.3 Å². The highest BCUT2D eigenvalue weighted by Gasteiger charge is 2.37. The van der Waals surface area contributed by atoms with Crippen LogP contribution < -0.4 is 15.0 Å². The zero-order valence-electron chi connectivity index (χ0n) is 14.9. The van der Waals surface area contributed by atoms with Crippen LogP contribution in [0.4, 0.5) is 0 Å². The number of hydrogen-bond donors (Lipinski definition) is 2. The number of hydrogen-bond acceptors (Lipinski definition) is 6. The summed E-state index contributed by atoms with van der Waals surface area (Å²) in [5.74, 6) is 0.829. The van der Waals surface area contributed by atoms with E-state index >= 15 is 0 Å². The maximum Gasteiger partial charge on any atom is 0.257 e. The quantitative estimate of drug-likeness (QED) is 0.602. The second kappa shape index (κ2) is 8.19. The molecule has 1 saturated heterocycles. The Hall–Kier alpha value is -2.30. The van der Waals surface area contributed by atoms with Crippen LogP contribution in [0.15, 0.2) is 18.2 Å². The lowest BCUT2D eigenvalue weighted by Crippen LogP contribution is -2.45. The molecule has 0 aromatic heterocycles. The number of carbonyl (C=O) groups excluding carboxylic acids is 1. The van der Waals surface area contributed by atoms with Crippen LogP contribution in [0, 0.1) is 11.3 Å². The average Bonchev–Trinajstić information content (AvgIpc) is 2.62. The molecule has 2 rings (SSSR count). The van der Waals surface area contributed by atoms with Gasteiger partial charge < -0.3 is 9.47 Å². The molecule has 1 aliphatic rings. The Labute approximate surface area is 148 Å². The van der Waals surface area contributed by atoms with E-state index in [0.29, 0.717) is 37.4 Å². The van der Waals surface area contributed by atoms with Crippen molar-refractivity contribution in [1.82, 2.24) is 10.4 Å². The maximum absolute atomic E-state index is 11.3. The predicted octanol–water partition coefficient (Wildman–Crippen LogP) is 1.84. The van der Waals surface area contributed by atoms with Gasteiger partial charge in [0.1, 0.15) is 0 Å². The smallest absolute Gasteiger partial charge is 0.257 e. The summed E-state index contributed by atoms with van der Waals surface area (Å²) in [5, 5.41) is 18.5. The second-order valence-electron chi connectivity index (χ2n) is 6.54. The van der Waals surface area contributed by atoms with Gasteiger partial charge in [0.15, 0.2) is 11.5 Å². The number of nitrogens with zero attached hydrogens (tertiary/aromatic N) is 2. The van der Waals surface area contributed by atoms with Crippen LogP contribution in [0.1, 0.15) is 32.3 Å². The van der Waals surface area contributed by atoms with E-state index in [1.807, 2.05) is 36.9 Å². The Morgan fingerprint density at radius 1 is 1.40 bits per heavy atom. The summed E-state index contributed by atoms with van der Waals surface area (Å²) in [4.78, 5) is 13.2. The zero-order chi connectivity index (χ0) is 18.4. The third-order valence-electron chi connectivity index (χ3n) is 4.49. The third kappa shape index (κ3) is 4.41. The molecular weight excluding hydrogens is 322 g/mol. The Morgan fingerprint density at radius 2 is 2.08 bits per heavy atom. The van der Waals surface area contributed by atoms with Crippen molar-refractivity contribution >= 4 is 5.91 Å². The normalized spacial score (nSPS) is 17.0. The third-order valence-corrected chi connectivity index (χ3v) is 4.49. The molecule has 1 amide bonds. The fraction of sp³-hybridized carbons (Fsp3) is 0.556. The second-order valence-corrected chi connectivity index (χ2v) is 6.54. The summed E-state index contributed by atoms with van der Waals surface area (Å²) in [6, 6.07) is 8.09. The van der Waals surface area contributed by atoms with Gasteiger partial charge in [0.05, 0.1) is 31.2 Å². The number of amides is 1. The number of piperidine rings is 1. The van der Waals surface area contributed by atoms with Crippen LogP contribution in [0.2, 0.25) is 0 Å². The first-order valence-electron chi connectivity index (χ1n) is 8.36. The largest absolute Gasteiger partial charge is 0.493 e. The number of benzene rings is 1. The van der Waals surface area contributed by atoms with Crippen LogP contribution in [-0.2, 0) is 10.2 Å². The molecule has 2 N–H and O–H groups in total. The minimum Gasteiger partial charge on any atom is -0.493 e. The number of likely N-dealkylation sites (tertiary alicyclic amines) is 1. The molecule has 7 nitrogen and oxygen atoms in total. The van der Waals surface area contributed by atoms with Gasteiger partial charge in [-0.25, -0.2) is 5.48 Å². The fourth-order valence-corrected chi connectivity index (χ4v) is 3.12. The average molecular weight is 347 g/mol. The lowest BCUT2D eigenvalue weighted by molar-refractivity contribution is -0.130. The highest BCUT2D eigenvalue weighted by atomic mass is 16.5. The molecule has 25 heavy (non-hydrogen) atoms. The molecule has 0 saturated carbocycles. The van der Waals surface area contributed by atoms with Gasteiger partial charge >= 0.3 is 0 Å². The fourth-order valence-electron chi connectivity index (χ4n) is 3.12. The molecule has 1 aromatic rings. The van der Waals surface area contributed by atoms with Gasteiger partial charge in [0.2, 0.25) is 0 Å². The lowest BCUT2D eigenvalue weighted by atomic mass is 9.74. The van der Waals surface area contributed by atoms with E-state index in [9.17, 15) is 10.1 Å². The van der Waals surface area contributed by atoms with Gasteiger partial charge in [0.25, 0.3) is 5.91 Å². The van der Waals surface area contributed by atoms with Gasteiger partial charge in [-0.2, -0.15) is 5.26 Å². The van der Waals surface area contributed by atoms with Crippen LogP contribution in [0.5, 0.6) is 11.5 Å². The summed E-state index contributed by atoms with van der Waals surface area (Å²) in [6.07, 6.45) is 1.21. The molecule has 1 heterocycles. The number of carbonyl (C=O) groups is 1. The van der Waals surface area contributed by atoms with E-state index in [4.69, 9.17) is 14.7 Å². The zero-order valence-corrected chi connectivity index (χ0v) is 14.9. The van der Waals surface area contributed by atoms with Crippen molar-refractivity contribution in [3.8, 4) is 17.6 Å². The molecule has 0 unspecified atom stereocenters. The van der Waals surface area contributed by atoms with Crippen LogP contribution in [0.25, 0.3) is 0 Å². The topological polar surface area (TPSA) is 94.8 Å². The molecule has 0 spiro atoms. The van der Waals surface area contributed by atoms with E-state index in [-0.39, 0.29) is 12.6 Å². The molecule has 0 atom stereocenters. The molecule has 0 radical (unpaired) electrons. The number of rotatable bonds is 6. The van der Waals surface area contributed by atoms with Crippen LogP contribution in [-0.4, -0.2) is 48.9 Å². The lowest BCUT2D eigenvalue weighted by Gasteiger charge is -2.37. The van der Waals surface area contributed by atoms with Crippen molar-refractivity contribution in [2.24, 2.45) is 0 Å². The molecule has 7 heteroatoms. The van der Waals surface area contributed by atoms with Crippen molar-refractivity contribution in [3.63, 3.8) is 0 Å². The molecule has 0 aliphatic carbocycles. The first kappa shape index (κ1) is 19.0. The number of hydroxylamine groups is 1. The first-order chi connectivity index (χ1) is 11.9. The van der Waals surface area contributed by atoms with Gasteiger partial charge in [0, 0.05) is 13.1 Å². The monoisotopic (exact) mass is 347 g/mol. The SMILES string of the molecule is COc1ccc(C2(C#N)CCN(CC(=O)NO)CC2)cc1OC(C)C.